The van der Waals surface area contributed by atoms with Gasteiger partial charge >= 0.3 is 18.1 Å². The molecule has 0 saturated carbocycles. The van der Waals surface area contributed by atoms with Crippen LogP contribution in [0.1, 0.15) is 86.2 Å². The van der Waals surface area contributed by atoms with Gasteiger partial charge in [-0.05, 0) is 110 Å². The van der Waals surface area contributed by atoms with Crippen molar-refractivity contribution < 1.29 is 37.0 Å². The molecular formula is C38H43F3O5. The number of carbonyl (C=O) groups is 2. The van der Waals surface area contributed by atoms with Gasteiger partial charge in [0.2, 0.25) is 0 Å². The van der Waals surface area contributed by atoms with Crippen molar-refractivity contribution in [3.05, 3.63) is 96.1 Å². The van der Waals surface area contributed by atoms with Gasteiger partial charge in [0.15, 0.2) is 6.10 Å². The first kappa shape index (κ1) is 34.8. The largest absolute Gasteiger partial charge is 0.494 e. The van der Waals surface area contributed by atoms with Gasteiger partial charge in [-0.2, -0.15) is 13.2 Å². The number of allylic oxidation sites excluding steroid dienone is 1. The zero-order valence-corrected chi connectivity index (χ0v) is 26.5. The highest BCUT2D eigenvalue weighted by molar-refractivity contribution is 5.91. The summed E-state index contributed by atoms with van der Waals surface area (Å²) in [6, 6.07) is 20.2. The molecule has 0 amide bonds. The zero-order chi connectivity index (χ0) is 32.9. The van der Waals surface area contributed by atoms with Crippen LogP contribution in [0.4, 0.5) is 13.2 Å². The Morgan fingerprint density at radius 2 is 1.59 bits per heavy atom. The SMILES string of the molecule is C=CCCCCOc1ccc(-c2ccc(C(=O)Oc3ccc4c(c3)CCC(C(=O)O[C@H](CCCCCC)C(F)(F)F)C4)cc2)cc1. The normalized spacial score (nSPS) is 15.0. The fourth-order valence-corrected chi connectivity index (χ4v) is 5.57. The minimum atomic E-state index is -4.58. The highest BCUT2D eigenvalue weighted by atomic mass is 19.4. The average Bonchev–Trinajstić information content (AvgIpc) is 3.05. The average molecular weight is 637 g/mol. The second-order valence-corrected chi connectivity index (χ2v) is 11.8. The smallest absolute Gasteiger partial charge is 0.425 e. The number of benzene rings is 3. The minimum Gasteiger partial charge on any atom is -0.494 e. The maximum Gasteiger partial charge on any atom is 0.425 e. The van der Waals surface area contributed by atoms with Gasteiger partial charge in [0.25, 0.3) is 0 Å². The molecule has 1 aliphatic carbocycles. The first-order chi connectivity index (χ1) is 22.2. The summed E-state index contributed by atoms with van der Waals surface area (Å²) in [6.07, 6.45) is 1.99. The molecule has 0 saturated heterocycles. The van der Waals surface area contributed by atoms with Gasteiger partial charge in [-0.3, -0.25) is 4.79 Å². The zero-order valence-electron chi connectivity index (χ0n) is 26.5. The van der Waals surface area contributed by atoms with Gasteiger partial charge in [0, 0.05) is 0 Å². The molecule has 3 aromatic rings. The van der Waals surface area contributed by atoms with Crippen molar-refractivity contribution in [2.75, 3.05) is 6.61 Å². The Bertz CT molecular complexity index is 1430. The third-order valence-corrected chi connectivity index (χ3v) is 8.27. The predicted molar refractivity (Wildman–Crippen MR) is 173 cm³/mol. The molecule has 1 unspecified atom stereocenters. The van der Waals surface area contributed by atoms with Crippen LogP contribution in [0.2, 0.25) is 0 Å². The summed E-state index contributed by atoms with van der Waals surface area (Å²) >= 11 is 0. The van der Waals surface area contributed by atoms with Gasteiger partial charge < -0.3 is 14.2 Å². The van der Waals surface area contributed by atoms with E-state index in [0.29, 0.717) is 43.6 Å². The third-order valence-electron chi connectivity index (χ3n) is 8.27. The molecule has 4 rings (SSSR count). The summed E-state index contributed by atoms with van der Waals surface area (Å²) in [7, 11) is 0. The maximum atomic E-state index is 13.5. The molecule has 0 aliphatic heterocycles. The highest BCUT2D eigenvalue weighted by Gasteiger charge is 2.43. The Balaban J connectivity index is 1.29. The summed E-state index contributed by atoms with van der Waals surface area (Å²) in [5.41, 5.74) is 4.09. The number of rotatable bonds is 16. The Labute approximate surface area is 269 Å². The van der Waals surface area contributed by atoms with Gasteiger partial charge in [-0.1, -0.05) is 62.6 Å². The molecular weight excluding hydrogens is 593 g/mol. The molecule has 3 aromatic carbocycles. The first-order valence-electron chi connectivity index (χ1n) is 16.2. The summed E-state index contributed by atoms with van der Waals surface area (Å²) in [6.45, 7) is 6.37. The number of fused-ring (bicyclic) bond motifs is 1. The first-order valence-corrected chi connectivity index (χ1v) is 16.2. The molecule has 0 spiro atoms. The van der Waals surface area contributed by atoms with Crippen molar-refractivity contribution in [2.45, 2.75) is 89.8 Å². The lowest BCUT2D eigenvalue weighted by atomic mass is 9.84. The second-order valence-electron chi connectivity index (χ2n) is 11.8. The van der Waals surface area contributed by atoms with E-state index in [4.69, 9.17) is 14.2 Å². The van der Waals surface area contributed by atoms with E-state index in [1.807, 2.05) is 49.4 Å². The Morgan fingerprint density at radius 3 is 2.26 bits per heavy atom. The van der Waals surface area contributed by atoms with Crippen LogP contribution in [0.25, 0.3) is 11.1 Å². The van der Waals surface area contributed by atoms with Crippen LogP contribution in [-0.4, -0.2) is 30.8 Å². The van der Waals surface area contributed by atoms with E-state index < -0.39 is 30.1 Å². The number of esters is 2. The van der Waals surface area contributed by atoms with E-state index >= 15 is 0 Å². The van der Waals surface area contributed by atoms with Gasteiger partial charge in [-0.25, -0.2) is 4.79 Å². The quantitative estimate of drug-likeness (QED) is 0.0678. The molecule has 1 aliphatic rings. The van der Waals surface area contributed by atoms with Gasteiger partial charge in [0.05, 0.1) is 18.1 Å². The fourth-order valence-electron chi connectivity index (χ4n) is 5.57. The molecule has 0 bridgehead atoms. The van der Waals surface area contributed by atoms with Gasteiger partial charge in [0.1, 0.15) is 11.5 Å². The molecule has 0 radical (unpaired) electrons. The van der Waals surface area contributed by atoms with Crippen LogP contribution >= 0.6 is 0 Å². The number of hydrogen-bond acceptors (Lipinski definition) is 5. The molecule has 0 N–H and O–H groups in total. The third kappa shape index (κ3) is 10.2. The summed E-state index contributed by atoms with van der Waals surface area (Å²) in [4.78, 5) is 25.6. The fraction of sp³-hybridized carbons (Fsp3) is 0.421. The maximum absolute atomic E-state index is 13.5. The van der Waals surface area contributed by atoms with Crippen molar-refractivity contribution in [1.82, 2.24) is 0 Å². The molecule has 8 heteroatoms. The number of carbonyl (C=O) groups excluding carboxylic acids is 2. The summed E-state index contributed by atoms with van der Waals surface area (Å²) in [5.74, 6) is -0.761. The standard InChI is InChI=1S/C38H43F3O5/c1-3-5-7-9-11-35(38(39,40)41)46-37(43)32-17-16-31-26-34(23-20-30(31)25-32)45-36(42)29-14-12-27(13-15-29)28-18-21-33(22-19-28)44-24-10-8-6-4-2/h4,12-15,18-23,26,32,35H,2-3,5-11,16-17,24-25H2,1H3/t32?,35-/m1/s1. The van der Waals surface area contributed by atoms with Crippen molar-refractivity contribution in [2.24, 2.45) is 5.92 Å². The monoisotopic (exact) mass is 636 g/mol. The van der Waals surface area contributed by atoms with Crippen LogP contribution in [0.5, 0.6) is 11.5 Å². The lowest BCUT2D eigenvalue weighted by molar-refractivity contribution is -0.225. The Morgan fingerprint density at radius 1 is 0.891 bits per heavy atom. The second kappa shape index (κ2) is 17.0. The molecule has 5 nitrogen and oxygen atoms in total. The lowest BCUT2D eigenvalue weighted by Crippen LogP contribution is -2.37. The van der Waals surface area contributed by atoms with Crippen LogP contribution in [0.15, 0.2) is 79.4 Å². The van der Waals surface area contributed by atoms with E-state index in [0.717, 1.165) is 60.1 Å². The molecule has 0 fully saturated rings. The number of hydrogen-bond donors (Lipinski definition) is 0. The topological polar surface area (TPSA) is 61.8 Å². The van der Waals surface area contributed by atoms with E-state index in [1.54, 1.807) is 30.3 Å². The van der Waals surface area contributed by atoms with Crippen molar-refractivity contribution in [1.29, 1.82) is 0 Å². The number of alkyl halides is 3. The number of unbranched alkanes of at least 4 members (excludes halogenated alkanes) is 5. The predicted octanol–water partition coefficient (Wildman–Crippen LogP) is 9.86. The van der Waals surface area contributed by atoms with Crippen LogP contribution in [-0.2, 0) is 22.4 Å². The Hall–Kier alpha value is -4.07. The van der Waals surface area contributed by atoms with Crippen molar-refractivity contribution >= 4 is 11.9 Å². The van der Waals surface area contributed by atoms with Crippen LogP contribution in [0.3, 0.4) is 0 Å². The summed E-state index contributed by atoms with van der Waals surface area (Å²) < 4.78 is 57.0. The number of ether oxygens (including phenoxy) is 3. The van der Waals surface area contributed by atoms with E-state index in [1.165, 1.54) is 0 Å². The molecule has 0 heterocycles. The molecule has 2 atom stereocenters. The number of halogens is 3. The van der Waals surface area contributed by atoms with E-state index in [2.05, 4.69) is 6.58 Å². The molecule has 46 heavy (non-hydrogen) atoms. The van der Waals surface area contributed by atoms with E-state index in [-0.39, 0.29) is 12.8 Å². The Kier molecular flexibility index (Phi) is 12.9. The number of aryl methyl sites for hydroxylation is 1. The highest BCUT2D eigenvalue weighted by Crippen LogP contribution is 2.33. The van der Waals surface area contributed by atoms with Crippen LogP contribution in [0, 0.1) is 5.92 Å². The van der Waals surface area contributed by atoms with E-state index in [9.17, 15) is 22.8 Å². The molecule has 0 aromatic heterocycles. The lowest BCUT2D eigenvalue weighted by Gasteiger charge is -2.27. The van der Waals surface area contributed by atoms with Gasteiger partial charge in [-0.15, -0.1) is 6.58 Å². The van der Waals surface area contributed by atoms with Crippen molar-refractivity contribution in [3.8, 4) is 22.6 Å². The van der Waals surface area contributed by atoms with Crippen molar-refractivity contribution in [3.63, 3.8) is 0 Å². The minimum absolute atomic E-state index is 0.213. The van der Waals surface area contributed by atoms with Crippen LogP contribution < -0.4 is 9.47 Å². The molecule has 246 valence electrons. The summed E-state index contributed by atoms with van der Waals surface area (Å²) in [5, 5.41) is 0.